The summed E-state index contributed by atoms with van der Waals surface area (Å²) < 4.78 is 0. The molecular weight excluding hydrogens is 779 g/mol. The maximum atomic E-state index is 2.62. The van der Waals surface area contributed by atoms with Gasteiger partial charge in [-0.05, 0) is 11.1 Å². The molecule has 0 aliphatic rings. The van der Waals surface area contributed by atoms with Gasteiger partial charge in [0.25, 0.3) is 0 Å². The molecule has 0 N–H and O–H groups in total. The van der Waals surface area contributed by atoms with Crippen LogP contribution in [0.4, 0.5) is 0 Å². The molecule has 0 unspecified atom stereocenters. The van der Waals surface area contributed by atoms with Gasteiger partial charge in [0.15, 0.2) is 0 Å². The molecule has 0 bridgehead atoms. The summed E-state index contributed by atoms with van der Waals surface area (Å²) in [6, 6.07) is 44.1. The van der Waals surface area contributed by atoms with Crippen LogP contribution in [0.5, 0.6) is 0 Å². The van der Waals surface area contributed by atoms with Crippen molar-refractivity contribution in [3.8, 4) is 22.3 Å². The van der Waals surface area contributed by atoms with E-state index in [4.69, 9.17) is 0 Å². The van der Waals surface area contributed by atoms with Crippen molar-refractivity contribution in [1.82, 2.24) is 0 Å². The molecule has 0 radical (unpaired) electrons. The van der Waals surface area contributed by atoms with Crippen LogP contribution < -0.4 is 20.7 Å². The largest absolute Gasteiger partial charge is 4.00 e. The third-order valence-electron chi connectivity index (χ3n) is 9.93. The second-order valence-electron chi connectivity index (χ2n) is 15.2. The third kappa shape index (κ3) is 7.77. The van der Waals surface area contributed by atoms with Crippen molar-refractivity contribution >= 4 is 66.5 Å². The van der Waals surface area contributed by atoms with E-state index in [9.17, 15) is 0 Å². The molecule has 6 aromatic carbocycles. The zero-order valence-corrected chi connectivity index (χ0v) is 37.1. The van der Waals surface area contributed by atoms with E-state index in [1.807, 2.05) is 0 Å². The first-order chi connectivity index (χ1) is 20.9. The van der Waals surface area contributed by atoms with Gasteiger partial charge in [0.1, 0.15) is 0 Å². The van der Waals surface area contributed by atoms with Crippen molar-refractivity contribution in [2.75, 3.05) is 0 Å². The third-order valence-corrected chi connectivity index (χ3v) is 18.5. The molecule has 0 aromatic heterocycles. The van der Waals surface area contributed by atoms with Gasteiger partial charge >= 0.3 is 25.8 Å². The summed E-state index contributed by atoms with van der Waals surface area (Å²) in [6.45, 7) is 19.5. The number of rotatable bonds is 9. The summed E-state index contributed by atoms with van der Waals surface area (Å²) in [7, 11) is -4.64. The number of hydrogen-bond acceptors (Lipinski definition) is 0. The van der Waals surface area contributed by atoms with Crippen molar-refractivity contribution in [2.45, 2.75) is 71.6 Å². The zero-order valence-electron chi connectivity index (χ0n) is 30.5. The molecule has 6 rings (SSSR count). The topological polar surface area (TPSA) is 0 Å². The molecule has 0 aliphatic heterocycles. The molecular formula is C43H54HfSi3. The fourth-order valence-electron chi connectivity index (χ4n) is 6.90. The summed E-state index contributed by atoms with van der Waals surface area (Å²) in [5, 5.41) is 11.7. The first kappa shape index (κ1) is 39.1. The minimum atomic E-state index is -1.99. The van der Waals surface area contributed by atoms with Gasteiger partial charge in [-0.3, -0.25) is 0 Å². The number of hydrogen-bond donors (Lipinski definition) is 0. The van der Waals surface area contributed by atoms with Gasteiger partial charge in [0, 0.05) is 0 Å². The van der Waals surface area contributed by atoms with E-state index in [-0.39, 0.29) is 40.7 Å². The van der Waals surface area contributed by atoms with Crippen LogP contribution in [0.15, 0.2) is 109 Å². The smallest absolute Gasteiger partial charge is 0.358 e. The van der Waals surface area contributed by atoms with Crippen LogP contribution in [-0.2, 0) is 25.8 Å². The quantitative estimate of drug-likeness (QED) is 0.101. The van der Waals surface area contributed by atoms with Gasteiger partial charge < -0.3 is 14.9 Å². The van der Waals surface area contributed by atoms with Crippen LogP contribution in [0.2, 0.25) is 51.9 Å². The first-order valence-electron chi connectivity index (χ1n) is 16.5. The standard InChI is InChI=1S/C41H48Si3.2CH3.Hf/c1-9-10-25-44(8,36-26-32-13-11-15-38(40(32)28-36)30-17-21-34(22-18-30)42(2,3)4)37-27-33-14-12-16-39(41(33)29-37)31-19-23-35(24-20-31)43(5,6)7;;;/h11-24,26-29H,9-10,25H2,1-8H3;2*1H3;/q-2;2*-1;+4. The molecule has 6 aromatic rings. The van der Waals surface area contributed by atoms with Crippen LogP contribution in [-0.4, -0.2) is 24.2 Å². The van der Waals surface area contributed by atoms with E-state index >= 15 is 0 Å². The van der Waals surface area contributed by atoms with Crippen LogP contribution in [0.1, 0.15) is 19.8 Å². The molecule has 0 heterocycles. The second kappa shape index (κ2) is 15.0. The minimum absolute atomic E-state index is 0. The number of fused-ring (bicyclic) bond motifs is 2. The van der Waals surface area contributed by atoms with E-state index in [0.29, 0.717) is 0 Å². The van der Waals surface area contributed by atoms with Gasteiger partial charge in [-0.25, -0.2) is 0 Å². The van der Waals surface area contributed by atoms with Gasteiger partial charge in [0.2, 0.25) is 0 Å². The summed E-state index contributed by atoms with van der Waals surface area (Å²) in [5.41, 5.74) is 5.38. The first-order valence-corrected chi connectivity index (χ1v) is 26.2. The average molecular weight is 834 g/mol. The average Bonchev–Trinajstić information content (AvgIpc) is 3.65. The molecule has 0 saturated carbocycles. The van der Waals surface area contributed by atoms with E-state index in [0.717, 1.165) is 0 Å². The summed E-state index contributed by atoms with van der Waals surface area (Å²) in [4.78, 5) is 0. The summed E-state index contributed by atoms with van der Waals surface area (Å²) in [5.74, 6) is 0. The fraction of sp³-hybridized carbons (Fsp3) is 0.256. The Morgan fingerprint density at radius 3 is 1.26 bits per heavy atom. The summed E-state index contributed by atoms with van der Waals surface area (Å²) in [6.07, 6.45) is 2.49. The van der Waals surface area contributed by atoms with Crippen LogP contribution in [0.3, 0.4) is 0 Å². The van der Waals surface area contributed by atoms with Gasteiger partial charge in [-0.15, -0.1) is 68.3 Å². The van der Waals surface area contributed by atoms with Crippen LogP contribution >= 0.6 is 0 Å². The molecule has 4 heteroatoms. The van der Waals surface area contributed by atoms with E-state index in [2.05, 4.69) is 162 Å². The van der Waals surface area contributed by atoms with Crippen LogP contribution in [0.25, 0.3) is 43.8 Å². The number of unbranched alkanes of at least 4 members (excludes halogenated alkanes) is 1. The normalized spacial score (nSPS) is 12.0. The van der Waals surface area contributed by atoms with E-state index in [1.54, 1.807) is 10.4 Å². The van der Waals surface area contributed by atoms with Crippen molar-refractivity contribution in [3.05, 3.63) is 124 Å². The van der Waals surface area contributed by atoms with Crippen molar-refractivity contribution in [2.24, 2.45) is 0 Å². The SMILES string of the molecule is CCCC[Si](C)(c1cc2c(-c3ccc([Si](C)(C)C)cc3)cccc2[cH-]1)c1cc2c(-c3ccc([Si](C)(C)C)cc3)cccc2[cH-]1.[CH3-].[CH3-].[Hf+4]. The van der Waals surface area contributed by atoms with Crippen molar-refractivity contribution in [1.29, 1.82) is 0 Å². The molecule has 0 fully saturated rings. The van der Waals surface area contributed by atoms with Gasteiger partial charge in [0.05, 0.1) is 24.2 Å². The Morgan fingerprint density at radius 1 is 0.532 bits per heavy atom. The summed E-state index contributed by atoms with van der Waals surface area (Å²) >= 11 is 0. The molecule has 47 heavy (non-hydrogen) atoms. The maximum absolute atomic E-state index is 2.62. The molecule has 0 nitrogen and oxygen atoms in total. The molecule has 0 atom stereocenters. The Kier molecular flexibility index (Phi) is 12.5. The van der Waals surface area contributed by atoms with Gasteiger partial charge in [-0.1, -0.05) is 154 Å². The Morgan fingerprint density at radius 2 is 0.915 bits per heavy atom. The molecule has 0 saturated heterocycles. The Bertz CT molecular complexity index is 1770. The Balaban J connectivity index is 0.00000200. The number of benzene rings is 4. The molecule has 0 amide bonds. The predicted molar refractivity (Wildman–Crippen MR) is 219 cm³/mol. The molecule has 0 aliphatic carbocycles. The monoisotopic (exact) mass is 834 g/mol. The molecule has 242 valence electrons. The van der Waals surface area contributed by atoms with Crippen LogP contribution in [0, 0.1) is 14.9 Å². The van der Waals surface area contributed by atoms with E-state index < -0.39 is 24.2 Å². The van der Waals surface area contributed by atoms with Gasteiger partial charge in [-0.2, -0.15) is 12.1 Å². The fourth-order valence-corrected chi connectivity index (χ4v) is 13.1. The van der Waals surface area contributed by atoms with E-state index in [1.165, 1.54) is 73.1 Å². The second-order valence-corrected chi connectivity index (χ2v) is 29.7. The Hall–Kier alpha value is -2.38. The van der Waals surface area contributed by atoms with Crippen molar-refractivity contribution in [3.63, 3.8) is 0 Å². The zero-order chi connectivity index (χ0) is 31.3. The predicted octanol–water partition coefficient (Wildman–Crippen LogP) is 10.7. The Labute approximate surface area is 308 Å². The minimum Gasteiger partial charge on any atom is -0.358 e. The van der Waals surface area contributed by atoms with Crippen molar-refractivity contribution < 1.29 is 25.8 Å². The molecule has 0 spiro atoms. The maximum Gasteiger partial charge on any atom is 4.00 e.